The van der Waals surface area contributed by atoms with Crippen molar-refractivity contribution >= 4 is 54.7 Å². The normalized spacial score (nSPS) is 10.7. The monoisotopic (exact) mass is 448 g/mol. The zero-order valence-corrected chi connectivity index (χ0v) is 16.9. The number of nitrogens with zero attached hydrogens (tertiary/aromatic N) is 4. The first-order chi connectivity index (χ1) is 12.3. The SMILES string of the molecule is Clc1cnc(SCc2ccccc2)cn1.O=S(=O)(Cl)c1cnc(Cl)cn1. The number of rotatable bonds is 4. The summed E-state index contributed by atoms with van der Waals surface area (Å²) in [5.41, 5.74) is 1.28. The van der Waals surface area contributed by atoms with E-state index in [0.717, 1.165) is 23.2 Å². The van der Waals surface area contributed by atoms with Gasteiger partial charge in [0.1, 0.15) is 15.3 Å². The average molecular weight is 450 g/mol. The minimum Gasteiger partial charge on any atom is -0.245 e. The summed E-state index contributed by atoms with van der Waals surface area (Å²) in [7, 11) is 1.16. The van der Waals surface area contributed by atoms with E-state index in [1.54, 1.807) is 24.2 Å². The van der Waals surface area contributed by atoms with Crippen molar-refractivity contribution in [3.05, 3.63) is 71.0 Å². The molecule has 0 spiro atoms. The largest absolute Gasteiger partial charge is 0.280 e. The van der Waals surface area contributed by atoms with Gasteiger partial charge < -0.3 is 0 Å². The zero-order chi connectivity index (χ0) is 19.0. The van der Waals surface area contributed by atoms with Crippen LogP contribution in [0.2, 0.25) is 10.3 Å². The lowest BCUT2D eigenvalue weighted by Crippen LogP contribution is -1.95. The van der Waals surface area contributed by atoms with Gasteiger partial charge in [-0.3, -0.25) is 0 Å². The van der Waals surface area contributed by atoms with Gasteiger partial charge in [-0.05, 0) is 5.56 Å². The lowest BCUT2D eigenvalue weighted by atomic mass is 10.2. The summed E-state index contributed by atoms with van der Waals surface area (Å²) in [5, 5.41) is 1.14. The summed E-state index contributed by atoms with van der Waals surface area (Å²) in [6, 6.07) is 10.3. The van der Waals surface area contributed by atoms with Gasteiger partial charge in [0, 0.05) is 16.4 Å². The van der Waals surface area contributed by atoms with E-state index in [0.29, 0.717) is 5.15 Å². The topological polar surface area (TPSA) is 85.7 Å². The Morgan fingerprint density at radius 1 is 0.846 bits per heavy atom. The Kier molecular flexibility index (Phi) is 8.05. The summed E-state index contributed by atoms with van der Waals surface area (Å²) in [4.78, 5) is 15.1. The molecule has 0 saturated heterocycles. The third-order valence-electron chi connectivity index (χ3n) is 2.67. The van der Waals surface area contributed by atoms with Gasteiger partial charge in [-0.1, -0.05) is 53.5 Å². The molecule has 26 heavy (non-hydrogen) atoms. The number of hydrogen-bond acceptors (Lipinski definition) is 7. The van der Waals surface area contributed by atoms with Crippen molar-refractivity contribution in [3.8, 4) is 0 Å². The smallest absolute Gasteiger partial charge is 0.245 e. The van der Waals surface area contributed by atoms with Gasteiger partial charge in [-0.25, -0.2) is 28.4 Å². The fraction of sp³-hybridized carbons (Fsp3) is 0.0667. The number of benzene rings is 1. The first-order valence-electron chi connectivity index (χ1n) is 6.91. The Labute approximate surface area is 169 Å². The van der Waals surface area contributed by atoms with Crippen LogP contribution in [0.15, 0.2) is 65.2 Å². The van der Waals surface area contributed by atoms with Gasteiger partial charge in [0.05, 0.1) is 24.8 Å². The first kappa shape index (κ1) is 20.9. The molecule has 0 amide bonds. The standard InChI is InChI=1S/C11H9ClN2S.C4H2Cl2N2O2S/c12-10-6-14-11(7-13-10)15-8-9-4-2-1-3-5-9;5-3-1-8-4(2-7-3)11(6,9)10/h1-7H,8H2;1-2H. The number of halogens is 3. The Hall–Kier alpha value is -1.45. The molecule has 6 nitrogen and oxygen atoms in total. The fourth-order valence-electron chi connectivity index (χ4n) is 1.53. The molecule has 0 unspecified atom stereocenters. The number of aromatic nitrogens is 4. The number of hydrogen-bond donors (Lipinski definition) is 0. The van der Waals surface area contributed by atoms with Crippen LogP contribution in [0.5, 0.6) is 0 Å². The molecule has 2 heterocycles. The molecular weight excluding hydrogens is 439 g/mol. The molecule has 0 radical (unpaired) electrons. The van der Waals surface area contributed by atoms with Crippen LogP contribution >= 0.6 is 45.6 Å². The predicted molar refractivity (Wildman–Crippen MR) is 103 cm³/mol. The second-order valence-corrected chi connectivity index (χ2v) is 8.85. The molecule has 2 aromatic heterocycles. The summed E-state index contributed by atoms with van der Waals surface area (Å²) >= 11 is 12.6. The molecule has 3 aromatic rings. The Morgan fingerprint density at radius 2 is 1.46 bits per heavy atom. The van der Waals surface area contributed by atoms with Crippen LogP contribution in [0.4, 0.5) is 0 Å². The molecule has 11 heteroatoms. The molecule has 136 valence electrons. The van der Waals surface area contributed by atoms with Crippen LogP contribution in [-0.4, -0.2) is 28.4 Å². The highest BCUT2D eigenvalue weighted by Gasteiger charge is 2.11. The molecule has 0 aliphatic rings. The van der Waals surface area contributed by atoms with Gasteiger partial charge in [0.2, 0.25) is 0 Å². The summed E-state index contributed by atoms with van der Waals surface area (Å²) in [6.07, 6.45) is 5.35. The van der Waals surface area contributed by atoms with E-state index < -0.39 is 9.05 Å². The van der Waals surface area contributed by atoms with Crippen LogP contribution in [0.1, 0.15) is 5.56 Å². The molecule has 0 bridgehead atoms. The zero-order valence-electron chi connectivity index (χ0n) is 13.0. The minimum atomic E-state index is -3.78. The fourth-order valence-corrected chi connectivity index (χ4v) is 3.09. The van der Waals surface area contributed by atoms with Crippen LogP contribution in [0.3, 0.4) is 0 Å². The maximum absolute atomic E-state index is 10.6. The van der Waals surface area contributed by atoms with E-state index in [4.69, 9.17) is 33.9 Å². The van der Waals surface area contributed by atoms with Gasteiger partial charge in [-0.2, -0.15) is 0 Å². The van der Waals surface area contributed by atoms with Crippen molar-refractivity contribution in [2.24, 2.45) is 0 Å². The molecule has 3 rings (SSSR count). The quantitative estimate of drug-likeness (QED) is 0.429. The van der Waals surface area contributed by atoms with E-state index in [1.165, 1.54) is 5.56 Å². The van der Waals surface area contributed by atoms with Crippen LogP contribution < -0.4 is 0 Å². The van der Waals surface area contributed by atoms with E-state index in [1.807, 2.05) is 18.2 Å². The molecule has 0 N–H and O–H groups in total. The first-order valence-corrected chi connectivity index (χ1v) is 11.0. The lowest BCUT2D eigenvalue weighted by molar-refractivity contribution is 0.605. The predicted octanol–water partition coefficient (Wildman–Crippen LogP) is 4.48. The molecule has 0 atom stereocenters. The van der Waals surface area contributed by atoms with Crippen molar-refractivity contribution in [2.75, 3.05) is 0 Å². The van der Waals surface area contributed by atoms with Crippen LogP contribution in [0.25, 0.3) is 0 Å². The van der Waals surface area contributed by atoms with Crippen molar-refractivity contribution in [1.82, 2.24) is 19.9 Å². The maximum Gasteiger partial charge on any atom is 0.280 e. The maximum atomic E-state index is 10.6. The summed E-state index contributed by atoms with van der Waals surface area (Å²) < 4.78 is 21.1. The van der Waals surface area contributed by atoms with Gasteiger partial charge in [0.25, 0.3) is 9.05 Å². The van der Waals surface area contributed by atoms with Crippen molar-refractivity contribution in [2.45, 2.75) is 15.8 Å². The highest BCUT2D eigenvalue weighted by Crippen LogP contribution is 2.20. The minimum absolute atomic E-state index is 0.120. The highest BCUT2D eigenvalue weighted by molar-refractivity contribution is 8.13. The third kappa shape index (κ3) is 7.43. The van der Waals surface area contributed by atoms with Crippen LogP contribution in [-0.2, 0) is 14.8 Å². The second kappa shape index (κ2) is 10.0. The van der Waals surface area contributed by atoms with E-state index in [9.17, 15) is 8.42 Å². The Bertz CT molecular complexity index is 925. The van der Waals surface area contributed by atoms with Gasteiger partial charge in [-0.15, -0.1) is 11.8 Å². The summed E-state index contributed by atoms with van der Waals surface area (Å²) in [5.74, 6) is 0.900. The second-order valence-electron chi connectivity index (χ2n) is 4.57. The Morgan fingerprint density at radius 3 is 1.96 bits per heavy atom. The van der Waals surface area contributed by atoms with E-state index in [2.05, 4.69) is 32.1 Å². The Balaban J connectivity index is 0.000000197. The molecule has 1 aromatic carbocycles. The summed E-state index contributed by atoms with van der Waals surface area (Å²) in [6.45, 7) is 0. The molecule has 0 aliphatic heterocycles. The van der Waals surface area contributed by atoms with Crippen molar-refractivity contribution < 1.29 is 8.42 Å². The number of thioether (sulfide) groups is 1. The lowest BCUT2D eigenvalue weighted by Gasteiger charge is -2.00. The molecule has 0 aliphatic carbocycles. The van der Waals surface area contributed by atoms with E-state index >= 15 is 0 Å². The van der Waals surface area contributed by atoms with Crippen LogP contribution in [0, 0.1) is 0 Å². The molecule has 0 saturated carbocycles. The highest BCUT2D eigenvalue weighted by atomic mass is 35.7. The van der Waals surface area contributed by atoms with Gasteiger partial charge in [0.15, 0.2) is 5.03 Å². The molecule has 0 fully saturated rings. The average Bonchev–Trinajstić information content (AvgIpc) is 2.62. The van der Waals surface area contributed by atoms with Crippen molar-refractivity contribution in [3.63, 3.8) is 0 Å². The third-order valence-corrected chi connectivity index (χ3v) is 5.23. The molecular formula is C15H11Cl3N4O2S2. The van der Waals surface area contributed by atoms with E-state index in [-0.39, 0.29) is 10.2 Å². The van der Waals surface area contributed by atoms with Gasteiger partial charge >= 0.3 is 0 Å². The van der Waals surface area contributed by atoms with Crippen molar-refractivity contribution in [1.29, 1.82) is 0 Å².